The van der Waals surface area contributed by atoms with Gasteiger partial charge in [0.05, 0.1) is 42.4 Å². The lowest BCUT2D eigenvalue weighted by Gasteiger charge is -2.29. The molecule has 0 bridgehead atoms. The van der Waals surface area contributed by atoms with Gasteiger partial charge in [-0.3, -0.25) is 9.59 Å². The summed E-state index contributed by atoms with van der Waals surface area (Å²) in [5.74, 6) is 1.15. The first-order valence-electron chi connectivity index (χ1n) is 18.4. The molecule has 0 spiro atoms. The predicted octanol–water partition coefficient (Wildman–Crippen LogP) is 6.37. The van der Waals surface area contributed by atoms with Crippen molar-refractivity contribution in [1.29, 1.82) is 0 Å². The minimum atomic E-state index is -0.954. The third-order valence-corrected chi connectivity index (χ3v) is 10.2. The van der Waals surface area contributed by atoms with Crippen LogP contribution in [-0.4, -0.2) is 73.4 Å². The number of nitrogens with one attached hydrogen (secondary N) is 3. The summed E-state index contributed by atoms with van der Waals surface area (Å²) in [5.41, 5.74) is 12.3. The molecule has 2 aliphatic heterocycles. The van der Waals surface area contributed by atoms with Crippen LogP contribution in [0.4, 0.5) is 4.79 Å². The number of imidazole rings is 2. The van der Waals surface area contributed by atoms with Crippen LogP contribution in [0.3, 0.4) is 0 Å². The van der Waals surface area contributed by atoms with Crippen molar-refractivity contribution in [2.45, 2.75) is 64.3 Å². The van der Waals surface area contributed by atoms with E-state index in [4.69, 9.17) is 15.5 Å². The average Bonchev–Trinajstić information content (AvgIpc) is 4.01. The van der Waals surface area contributed by atoms with Gasteiger partial charge in [0.15, 0.2) is 6.10 Å². The predicted molar refractivity (Wildman–Crippen MR) is 202 cm³/mol. The number of nitrogens with two attached hydrogens (primary N) is 1. The zero-order valence-corrected chi connectivity index (χ0v) is 30.1. The number of ether oxygens (including phenoxy) is 1. The van der Waals surface area contributed by atoms with Gasteiger partial charge in [-0.05, 0) is 59.4 Å². The number of hydrogen-bond donors (Lipinski definition) is 4. The second kappa shape index (κ2) is 15.9. The lowest BCUT2D eigenvalue weighted by molar-refractivity contribution is -0.143. The first-order chi connectivity index (χ1) is 25.7. The molecule has 2 fully saturated rings. The van der Waals surface area contributed by atoms with Gasteiger partial charge in [-0.1, -0.05) is 92.7 Å². The number of hydrogen-bond acceptors (Lipinski definition) is 7. The molecule has 3 atom stereocenters. The van der Waals surface area contributed by atoms with Crippen LogP contribution in [0.5, 0.6) is 0 Å². The standard InChI is InChI=1S/C41H46N8O4/c1-26(2)37(53-41(42)52)40(51)49-21-7-11-35(49)39-45-24-33(47-39)31-18-14-29(15-19-31)28-12-16-30(17-13-28)32-23-44-38(46-32)34-10-6-20-48(34)36(50)25-43-22-27-8-4-3-5-9-27/h3-5,8-9,12-19,23-24,26,34-35,37,43H,6-7,10-11,20-22,25H2,1-2H3,(H2,42,52)(H,44,46)(H,45,47)/t34-,35-,37-/m0/s1. The van der Waals surface area contributed by atoms with Crippen LogP contribution in [0, 0.1) is 5.92 Å². The normalized spacial score (nSPS) is 17.7. The fraction of sp³-hybridized carbons (Fsp3) is 0.341. The average molecular weight is 715 g/mol. The summed E-state index contributed by atoms with van der Waals surface area (Å²) in [6, 6.07) is 26.4. The highest BCUT2D eigenvalue weighted by Crippen LogP contribution is 2.35. The number of likely N-dealkylation sites (tertiary alicyclic amines) is 2. The fourth-order valence-electron chi connectivity index (χ4n) is 7.43. The van der Waals surface area contributed by atoms with Gasteiger partial charge in [-0.2, -0.15) is 0 Å². The van der Waals surface area contributed by atoms with Crippen LogP contribution in [0.1, 0.15) is 68.8 Å². The summed E-state index contributed by atoms with van der Waals surface area (Å²) in [7, 11) is 0. The summed E-state index contributed by atoms with van der Waals surface area (Å²) < 4.78 is 5.17. The number of H-pyrrole nitrogens is 2. The number of benzene rings is 3. The van der Waals surface area contributed by atoms with E-state index in [0.29, 0.717) is 25.5 Å². The molecule has 2 aromatic heterocycles. The van der Waals surface area contributed by atoms with Gasteiger partial charge in [-0.15, -0.1) is 0 Å². The molecule has 12 heteroatoms. The molecular formula is C41H46N8O4. The Bertz CT molecular complexity index is 2020. The Labute approximate surface area is 309 Å². The summed E-state index contributed by atoms with van der Waals surface area (Å²) in [4.78, 5) is 57.8. The molecule has 4 heterocycles. The number of aromatic amines is 2. The molecule has 2 aliphatic rings. The second-order valence-corrected chi connectivity index (χ2v) is 14.1. The SMILES string of the molecule is CC(C)[C@H](OC(N)=O)C(=O)N1CCC[C@H]1c1ncc(-c2ccc(-c3ccc(-c4cnc([C@@H]5CCCN5C(=O)CNCc5ccccc5)[nH]4)cc3)cc2)[nH]1. The number of aromatic nitrogens is 4. The Morgan fingerprint density at radius 3 is 1.81 bits per heavy atom. The van der Waals surface area contributed by atoms with Crippen LogP contribution in [0.15, 0.2) is 91.3 Å². The Morgan fingerprint density at radius 1 is 0.774 bits per heavy atom. The van der Waals surface area contributed by atoms with E-state index in [9.17, 15) is 14.4 Å². The van der Waals surface area contributed by atoms with Crippen molar-refractivity contribution in [3.05, 3.63) is 108 Å². The van der Waals surface area contributed by atoms with Crippen molar-refractivity contribution < 1.29 is 19.1 Å². The van der Waals surface area contributed by atoms with Crippen molar-refractivity contribution in [3.63, 3.8) is 0 Å². The number of nitrogens with zero attached hydrogens (tertiary/aromatic N) is 4. The lowest BCUT2D eigenvalue weighted by atomic mass is 10.0. The van der Waals surface area contributed by atoms with Crippen molar-refractivity contribution in [1.82, 2.24) is 35.1 Å². The van der Waals surface area contributed by atoms with Crippen LogP contribution >= 0.6 is 0 Å². The van der Waals surface area contributed by atoms with Crippen LogP contribution in [0.25, 0.3) is 33.6 Å². The van der Waals surface area contributed by atoms with Gasteiger partial charge in [0.2, 0.25) is 5.91 Å². The van der Waals surface area contributed by atoms with E-state index < -0.39 is 12.2 Å². The Hall–Kier alpha value is -5.75. The summed E-state index contributed by atoms with van der Waals surface area (Å²) in [5, 5.41) is 3.29. The van der Waals surface area contributed by atoms with Crippen LogP contribution in [-0.2, 0) is 20.9 Å². The van der Waals surface area contributed by atoms with E-state index in [1.165, 1.54) is 0 Å². The zero-order valence-electron chi connectivity index (χ0n) is 30.1. The van der Waals surface area contributed by atoms with Crippen molar-refractivity contribution in [2.75, 3.05) is 19.6 Å². The largest absolute Gasteiger partial charge is 0.436 e. The summed E-state index contributed by atoms with van der Waals surface area (Å²) in [6.45, 7) is 5.91. The topological polar surface area (TPSA) is 162 Å². The van der Waals surface area contributed by atoms with Gasteiger partial charge in [0, 0.05) is 19.6 Å². The first kappa shape index (κ1) is 35.6. The van der Waals surface area contributed by atoms with E-state index >= 15 is 0 Å². The van der Waals surface area contributed by atoms with E-state index in [2.05, 4.69) is 80.9 Å². The number of primary amides is 1. The molecule has 0 radical (unpaired) electrons. The maximum absolute atomic E-state index is 13.3. The molecule has 3 aromatic carbocycles. The fourth-order valence-corrected chi connectivity index (χ4v) is 7.43. The number of rotatable bonds is 12. The summed E-state index contributed by atoms with van der Waals surface area (Å²) in [6.07, 6.45) is 5.19. The Balaban J connectivity index is 0.969. The number of carbonyl (C=O) groups excluding carboxylic acids is 3. The molecule has 2 saturated heterocycles. The van der Waals surface area contributed by atoms with Gasteiger partial charge in [0.1, 0.15) is 11.6 Å². The van der Waals surface area contributed by atoms with Crippen molar-refractivity contribution >= 4 is 17.9 Å². The van der Waals surface area contributed by atoms with Crippen LogP contribution < -0.4 is 11.1 Å². The van der Waals surface area contributed by atoms with Crippen molar-refractivity contribution in [2.24, 2.45) is 11.7 Å². The molecule has 3 amide bonds. The Kier molecular flexibility index (Phi) is 10.7. The van der Waals surface area contributed by atoms with Gasteiger partial charge in [0.25, 0.3) is 5.91 Å². The smallest absolute Gasteiger partial charge is 0.405 e. The zero-order chi connectivity index (χ0) is 36.9. The number of amides is 3. The minimum Gasteiger partial charge on any atom is -0.436 e. The van der Waals surface area contributed by atoms with E-state index in [1.807, 2.05) is 43.1 Å². The van der Waals surface area contributed by atoms with Gasteiger partial charge >= 0.3 is 6.09 Å². The quantitative estimate of drug-likeness (QED) is 0.117. The third-order valence-electron chi connectivity index (χ3n) is 10.2. The van der Waals surface area contributed by atoms with E-state index in [0.717, 1.165) is 77.3 Å². The van der Waals surface area contributed by atoms with E-state index in [-0.39, 0.29) is 29.8 Å². The monoisotopic (exact) mass is 714 g/mol. The molecule has 0 aliphatic carbocycles. The van der Waals surface area contributed by atoms with Gasteiger partial charge < -0.3 is 35.6 Å². The first-order valence-corrected chi connectivity index (χ1v) is 18.4. The molecule has 0 saturated carbocycles. The minimum absolute atomic E-state index is 0.0572. The van der Waals surface area contributed by atoms with Crippen LogP contribution in [0.2, 0.25) is 0 Å². The molecule has 0 unspecified atom stereocenters. The number of carbonyl (C=O) groups is 3. The molecular weight excluding hydrogens is 669 g/mol. The molecule has 5 aromatic rings. The maximum atomic E-state index is 13.3. The Morgan fingerprint density at radius 2 is 1.28 bits per heavy atom. The highest BCUT2D eigenvalue weighted by Gasteiger charge is 2.38. The molecule has 7 rings (SSSR count). The lowest BCUT2D eigenvalue weighted by Crippen LogP contribution is -2.44. The van der Waals surface area contributed by atoms with Gasteiger partial charge in [-0.25, -0.2) is 14.8 Å². The highest BCUT2D eigenvalue weighted by molar-refractivity contribution is 5.84. The molecule has 5 N–H and O–H groups in total. The van der Waals surface area contributed by atoms with E-state index in [1.54, 1.807) is 11.1 Å². The maximum Gasteiger partial charge on any atom is 0.405 e. The molecule has 274 valence electrons. The highest BCUT2D eigenvalue weighted by atomic mass is 16.6. The third kappa shape index (κ3) is 8.02. The molecule has 53 heavy (non-hydrogen) atoms. The summed E-state index contributed by atoms with van der Waals surface area (Å²) >= 11 is 0. The van der Waals surface area contributed by atoms with Crippen molar-refractivity contribution in [3.8, 4) is 33.6 Å². The second-order valence-electron chi connectivity index (χ2n) is 14.1. The molecule has 12 nitrogen and oxygen atoms in total.